The lowest BCUT2D eigenvalue weighted by Gasteiger charge is -2.33. The summed E-state index contributed by atoms with van der Waals surface area (Å²) in [5.74, 6) is 0. The van der Waals surface area contributed by atoms with Crippen molar-refractivity contribution in [1.82, 2.24) is 4.90 Å². The SMILES string of the molecule is COC(=O)Nc1ccc2c(c1)N(CCN(C)C)c1ccccc1S2. The minimum absolute atomic E-state index is 0.460. The number of anilines is 3. The van der Waals surface area contributed by atoms with Crippen LogP contribution in [0, 0.1) is 0 Å². The number of amides is 1. The molecule has 24 heavy (non-hydrogen) atoms. The maximum absolute atomic E-state index is 11.5. The Balaban J connectivity index is 1.97. The van der Waals surface area contributed by atoms with E-state index in [1.807, 2.05) is 18.2 Å². The second kappa shape index (κ2) is 7.15. The standard InChI is InChI=1S/C18H21N3O2S/c1-20(2)10-11-21-14-6-4-5-7-16(14)24-17-9-8-13(12-15(17)21)19-18(22)23-3/h4-9,12H,10-11H2,1-3H3,(H,19,22). The van der Waals surface area contributed by atoms with Gasteiger partial charge in [0, 0.05) is 28.6 Å². The summed E-state index contributed by atoms with van der Waals surface area (Å²) in [6.07, 6.45) is -0.460. The van der Waals surface area contributed by atoms with Crippen molar-refractivity contribution in [3.8, 4) is 0 Å². The van der Waals surface area contributed by atoms with E-state index in [0.29, 0.717) is 0 Å². The maximum atomic E-state index is 11.5. The third-order valence-corrected chi connectivity index (χ3v) is 4.96. The van der Waals surface area contributed by atoms with E-state index in [1.54, 1.807) is 11.8 Å². The zero-order chi connectivity index (χ0) is 17.1. The molecule has 2 aromatic carbocycles. The van der Waals surface area contributed by atoms with Crippen molar-refractivity contribution in [2.24, 2.45) is 0 Å². The zero-order valence-corrected chi connectivity index (χ0v) is 14.9. The number of ether oxygens (including phenoxy) is 1. The number of rotatable bonds is 4. The molecule has 0 spiro atoms. The third kappa shape index (κ3) is 3.49. The molecule has 0 aliphatic carbocycles. The number of para-hydroxylation sites is 1. The highest BCUT2D eigenvalue weighted by Crippen LogP contribution is 2.48. The molecule has 1 N–H and O–H groups in total. The molecule has 0 radical (unpaired) electrons. The van der Waals surface area contributed by atoms with Crippen molar-refractivity contribution < 1.29 is 9.53 Å². The summed E-state index contributed by atoms with van der Waals surface area (Å²) < 4.78 is 4.68. The van der Waals surface area contributed by atoms with Crippen molar-refractivity contribution in [3.63, 3.8) is 0 Å². The summed E-state index contributed by atoms with van der Waals surface area (Å²) in [7, 11) is 5.50. The van der Waals surface area contributed by atoms with Crippen LogP contribution in [0.15, 0.2) is 52.3 Å². The van der Waals surface area contributed by atoms with Gasteiger partial charge in [0.2, 0.25) is 0 Å². The average Bonchev–Trinajstić information content (AvgIpc) is 2.58. The Bertz CT molecular complexity index is 749. The van der Waals surface area contributed by atoms with Crippen LogP contribution in [-0.2, 0) is 4.74 Å². The van der Waals surface area contributed by atoms with Gasteiger partial charge in [0.25, 0.3) is 0 Å². The van der Waals surface area contributed by atoms with Crippen LogP contribution in [0.25, 0.3) is 0 Å². The Hall–Kier alpha value is -2.18. The minimum Gasteiger partial charge on any atom is -0.453 e. The number of nitrogens with one attached hydrogen (secondary N) is 1. The minimum atomic E-state index is -0.460. The molecule has 0 atom stereocenters. The van der Waals surface area contributed by atoms with Gasteiger partial charge in [-0.1, -0.05) is 23.9 Å². The number of nitrogens with zero attached hydrogens (tertiary/aromatic N) is 2. The second-order valence-corrected chi connectivity index (χ2v) is 6.91. The molecule has 0 unspecified atom stereocenters. The lowest BCUT2D eigenvalue weighted by atomic mass is 10.2. The fourth-order valence-corrected chi connectivity index (χ4v) is 3.69. The van der Waals surface area contributed by atoms with Crippen LogP contribution in [0.2, 0.25) is 0 Å². The number of fused-ring (bicyclic) bond motifs is 2. The Morgan fingerprint density at radius 3 is 2.67 bits per heavy atom. The number of hydrogen-bond donors (Lipinski definition) is 1. The molecule has 3 rings (SSSR count). The van der Waals surface area contributed by atoms with E-state index in [0.717, 1.165) is 24.5 Å². The number of carbonyl (C=O) groups is 1. The molecule has 1 aliphatic heterocycles. The van der Waals surface area contributed by atoms with Crippen LogP contribution < -0.4 is 10.2 Å². The van der Waals surface area contributed by atoms with Gasteiger partial charge < -0.3 is 14.5 Å². The van der Waals surface area contributed by atoms with E-state index in [2.05, 4.69) is 58.2 Å². The molecule has 2 aromatic rings. The summed E-state index contributed by atoms with van der Waals surface area (Å²) in [5, 5.41) is 2.74. The molecule has 1 heterocycles. The first-order valence-electron chi connectivity index (χ1n) is 7.76. The van der Waals surface area contributed by atoms with E-state index in [-0.39, 0.29) is 0 Å². The first kappa shape index (κ1) is 16.7. The fraction of sp³-hybridized carbons (Fsp3) is 0.278. The quantitative estimate of drug-likeness (QED) is 0.908. The van der Waals surface area contributed by atoms with Crippen LogP contribution in [0.3, 0.4) is 0 Å². The summed E-state index contributed by atoms with van der Waals surface area (Å²) in [6, 6.07) is 14.4. The van der Waals surface area contributed by atoms with E-state index in [4.69, 9.17) is 0 Å². The van der Waals surface area contributed by atoms with Gasteiger partial charge in [-0.25, -0.2) is 4.79 Å². The van der Waals surface area contributed by atoms with E-state index in [1.165, 1.54) is 22.6 Å². The number of hydrogen-bond acceptors (Lipinski definition) is 5. The summed E-state index contributed by atoms with van der Waals surface area (Å²) in [6.45, 7) is 1.81. The number of methoxy groups -OCH3 is 1. The van der Waals surface area contributed by atoms with Crippen LogP contribution in [-0.4, -0.2) is 45.3 Å². The summed E-state index contributed by atoms with van der Waals surface area (Å²) in [5.41, 5.74) is 3.04. The van der Waals surface area contributed by atoms with Crippen LogP contribution >= 0.6 is 11.8 Å². The number of benzene rings is 2. The highest BCUT2D eigenvalue weighted by atomic mass is 32.2. The van der Waals surface area contributed by atoms with Gasteiger partial charge in [-0.3, -0.25) is 5.32 Å². The van der Waals surface area contributed by atoms with Gasteiger partial charge in [0.05, 0.1) is 18.5 Å². The van der Waals surface area contributed by atoms with Crippen molar-refractivity contribution in [2.75, 3.05) is 44.5 Å². The maximum Gasteiger partial charge on any atom is 0.411 e. The average molecular weight is 343 g/mol. The van der Waals surface area contributed by atoms with E-state index < -0.39 is 6.09 Å². The Kier molecular flexibility index (Phi) is 4.97. The van der Waals surface area contributed by atoms with Crippen LogP contribution in [0.5, 0.6) is 0 Å². The largest absolute Gasteiger partial charge is 0.453 e. The van der Waals surface area contributed by atoms with Crippen molar-refractivity contribution in [3.05, 3.63) is 42.5 Å². The van der Waals surface area contributed by atoms with Gasteiger partial charge in [-0.05, 0) is 44.4 Å². The van der Waals surface area contributed by atoms with E-state index in [9.17, 15) is 4.79 Å². The topological polar surface area (TPSA) is 44.8 Å². The lowest BCUT2D eigenvalue weighted by Crippen LogP contribution is -2.30. The highest BCUT2D eigenvalue weighted by Gasteiger charge is 2.23. The highest BCUT2D eigenvalue weighted by molar-refractivity contribution is 7.99. The molecule has 0 bridgehead atoms. The molecule has 126 valence electrons. The summed E-state index contributed by atoms with van der Waals surface area (Å²) in [4.78, 5) is 18.4. The van der Waals surface area contributed by atoms with Gasteiger partial charge in [-0.2, -0.15) is 0 Å². The van der Waals surface area contributed by atoms with Crippen LogP contribution in [0.4, 0.5) is 21.9 Å². The monoisotopic (exact) mass is 343 g/mol. The van der Waals surface area contributed by atoms with E-state index >= 15 is 0 Å². The number of likely N-dealkylation sites (N-methyl/N-ethyl adjacent to an activating group) is 1. The Labute approximate surface area is 146 Å². The molecule has 0 aromatic heterocycles. The van der Waals surface area contributed by atoms with Gasteiger partial charge in [-0.15, -0.1) is 0 Å². The first-order valence-corrected chi connectivity index (χ1v) is 8.58. The molecular weight excluding hydrogens is 322 g/mol. The molecule has 5 nitrogen and oxygen atoms in total. The molecular formula is C18H21N3O2S. The molecule has 0 fully saturated rings. The van der Waals surface area contributed by atoms with Gasteiger partial charge >= 0.3 is 6.09 Å². The zero-order valence-electron chi connectivity index (χ0n) is 14.1. The van der Waals surface area contributed by atoms with Crippen molar-refractivity contribution in [1.29, 1.82) is 0 Å². The van der Waals surface area contributed by atoms with Crippen molar-refractivity contribution >= 4 is 34.9 Å². The third-order valence-electron chi connectivity index (χ3n) is 3.83. The van der Waals surface area contributed by atoms with Gasteiger partial charge in [0.15, 0.2) is 0 Å². The molecule has 1 aliphatic rings. The lowest BCUT2D eigenvalue weighted by molar-refractivity contribution is 0.187. The normalized spacial score (nSPS) is 12.6. The predicted octanol–water partition coefficient (Wildman–Crippen LogP) is 4.03. The van der Waals surface area contributed by atoms with Gasteiger partial charge in [0.1, 0.15) is 0 Å². The predicted molar refractivity (Wildman–Crippen MR) is 98.6 cm³/mol. The summed E-state index contributed by atoms with van der Waals surface area (Å²) >= 11 is 1.75. The second-order valence-electron chi connectivity index (χ2n) is 5.82. The first-order chi connectivity index (χ1) is 11.6. The Morgan fingerprint density at radius 1 is 1.17 bits per heavy atom. The Morgan fingerprint density at radius 2 is 1.92 bits per heavy atom. The molecule has 6 heteroatoms. The fourth-order valence-electron chi connectivity index (χ4n) is 2.62. The smallest absolute Gasteiger partial charge is 0.411 e. The molecule has 0 saturated heterocycles. The number of carbonyl (C=O) groups excluding carboxylic acids is 1. The molecule has 1 amide bonds. The molecule has 0 saturated carbocycles. The van der Waals surface area contributed by atoms with Crippen molar-refractivity contribution in [2.45, 2.75) is 9.79 Å². The van der Waals surface area contributed by atoms with Crippen LogP contribution in [0.1, 0.15) is 0 Å².